The number of nitrogens with one attached hydrogen (secondary N) is 1. The molecule has 0 spiro atoms. The molecule has 86 valence electrons. The normalized spacial score (nSPS) is 27.1. The molecule has 0 heterocycles. The summed E-state index contributed by atoms with van der Waals surface area (Å²) >= 11 is 0. The summed E-state index contributed by atoms with van der Waals surface area (Å²) in [4.78, 5) is 10.9. The minimum atomic E-state index is -4.09. The molecule has 2 nitrogen and oxygen atoms in total. The molecule has 0 aromatic rings. The van der Waals surface area contributed by atoms with Gasteiger partial charge in [0.15, 0.2) is 0 Å². The van der Waals surface area contributed by atoms with Gasteiger partial charge in [0.1, 0.15) is 0 Å². The molecule has 0 aliphatic heterocycles. The first-order valence-corrected chi connectivity index (χ1v) is 4.93. The Hall–Kier alpha value is -1.00. The fourth-order valence-electron chi connectivity index (χ4n) is 1.83. The molecule has 15 heavy (non-hydrogen) atoms. The van der Waals surface area contributed by atoms with E-state index in [-0.39, 0.29) is 24.8 Å². The lowest BCUT2D eigenvalue weighted by Crippen LogP contribution is -2.39. The van der Waals surface area contributed by atoms with Gasteiger partial charge in [0.2, 0.25) is 5.91 Å². The average molecular weight is 221 g/mol. The molecule has 1 N–H and O–H groups in total. The molecule has 0 saturated heterocycles. The summed E-state index contributed by atoms with van der Waals surface area (Å²) in [6.45, 7) is 3.29. The maximum atomic E-state index is 12.3. The van der Waals surface area contributed by atoms with E-state index in [2.05, 4.69) is 11.9 Å². The van der Waals surface area contributed by atoms with Crippen LogP contribution in [0.3, 0.4) is 0 Å². The monoisotopic (exact) mass is 221 g/mol. The van der Waals surface area contributed by atoms with E-state index in [1.54, 1.807) is 0 Å². The second-order valence-electron chi connectivity index (χ2n) is 3.80. The highest BCUT2D eigenvalue weighted by atomic mass is 19.4. The van der Waals surface area contributed by atoms with E-state index in [1.165, 1.54) is 0 Å². The third kappa shape index (κ3) is 3.57. The predicted molar refractivity (Wildman–Crippen MR) is 50.1 cm³/mol. The van der Waals surface area contributed by atoms with Crippen LogP contribution in [0.5, 0.6) is 0 Å². The Morgan fingerprint density at radius 2 is 1.80 bits per heavy atom. The number of hydrogen-bond acceptors (Lipinski definition) is 1. The molecule has 1 fully saturated rings. The Labute approximate surface area is 86.5 Å². The number of halogens is 3. The van der Waals surface area contributed by atoms with Crippen molar-refractivity contribution in [1.29, 1.82) is 0 Å². The molecule has 0 atom stereocenters. The van der Waals surface area contributed by atoms with Crippen LogP contribution in [0.15, 0.2) is 12.7 Å². The van der Waals surface area contributed by atoms with Crippen LogP contribution in [0.4, 0.5) is 13.2 Å². The van der Waals surface area contributed by atoms with Gasteiger partial charge in [0, 0.05) is 6.04 Å². The lowest BCUT2D eigenvalue weighted by Gasteiger charge is -2.29. The summed E-state index contributed by atoms with van der Waals surface area (Å²) in [6.07, 6.45) is -1.96. The molecule has 5 heteroatoms. The van der Waals surface area contributed by atoms with Gasteiger partial charge in [-0.3, -0.25) is 4.79 Å². The van der Waals surface area contributed by atoms with E-state index in [9.17, 15) is 18.0 Å². The smallest absolute Gasteiger partial charge is 0.350 e. The van der Waals surface area contributed by atoms with E-state index >= 15 is 0 Å². The van der Waals surface area contributed by atoms with Crippen molar-refractivity contribution in [2.24, 2.45) is 5.92 Å². The first-order chi connectivity index (χ1) is 6.93. The van der Waals surface area contributed by atoms with Crippen molar-refractivity contribution in [2.45, 2.75) is 37.9 Å². The lowest BCUT2D eigenvalue weighted by molar-refractivity contribution is -0.182. The quantitative estimate of drug-likeness (QED) is 0.713. The number of carbonyl (C=O) groups is 1. The molecule has 0 bridgehead atoms. The van der Waals surface area contributed by atoms with E-state index in [1.807, 2.05) is 0 Å². The minimum Gasteiger partial charge on any atom is -0.350 e. The van der Waals surface area contributed by atoms with E-state index in [0.29, 0.717) is 12.8 Å². The van der Waals surface area contributed by atoms with Crippen LogP contribution in [0, 0.1) is 5.92 Å². The van der Waals surface area contributed by atoms with Gasteiger partial charge in [-0.2, -0.15) is 13.2 Å². The van der Waals surface area contributed by atoms with Crippen LogP contribution >= 0.6 is 0 Å². The second-order valence-corrected chi connectivity index (χ2v) is 3.80. The van der Waals surface area contributed by atoms with E-state index in [4.69, 9.17) is 0 Å². The Balaban J connectivity index is 2.36. The Morgan fingerprint density at radius 1 is 1.27 bits per heavy atom. The third-order valence-corrected chi connectivity index (χ3v) is 2.72. The van der Waals surface area contributed by atoms with Crippen molar-refractivity contribution in [1.82, 2.24) is 5.32 Å². The van der Waals surface area contributed by atoms with Gasteiger partial charge < -0.3 is 5.32 Å². The molecule has 1 amide bonds. The van der Waals surface area contributed by atoms with Gasteiger partial charge in [-0.25, -0.2) is 0 Å². The van der Waals surface area contributed by atoms with Crippen molar-refractivity contribution >= 4 is 5.91 Å². The molecule has 0 aromatic carbocycles. The van der Waals surface area contributed by atoms with Crippen molar-refractivity contribution in [2.75, 3.05) is 0 Å². The molecule has 0 radical (unpaired) electrons. The highest BCUT2D eigenvalue weighted by molar-refractivity contribution is 5.87. The molecule has 0 unspecified atom stereocenters. The zero-order chi connectivity index (χ0) is 11.5. The largest absolute Gasteiger partial charge is 0.391 e. The van der Waals surface area contributed by atoms with Crippen molar-refractivity contribution < 1.29 is 18.0 Å². The summed E-state index contributed by atoms with van der Waals surface area (Å²) < 4.78 is 36.9. The van der Waals surface area contributed by atoms with Crippen LogP contribution in [0.2, 0.25) is 0 Å². The Kier molecular flexibility index (Phi) is 3.77. The summed E-state index contributed by atoms with van der Waals surface area (Å²) in [5.41, 5.74) is 0. The zero-order valence-corrected chi connectivity index (χ0v) is 8.31. The van der Waals surface area contributed by atoms with Gasteiger partial charge in [-0.05, 0) is 31.8 Å². The highest BCUT2D eigenvalue weighted by Gasteiger charge is 2.41. The summed E-state index contributed by atoms with van der Waals surface area (Å²) in [7, 11) is 0. The summed E-state index contributed by atoms with van der Waals surface area (Å²) in [5.74, 6) is -1.51. The van der Waals surface area contributed by atoms with Crippen LogP contribution < -0.4 is 5.32 Å². The number of amides is 1. The second kappa shape index (κ2) is 4.68. The van der Waals surface area contributed by atoms with Gasteiger partial charge >= 0.3 is 6.18 Å². The van der Waals surface area contributed by atoms with Gasteiger partial charge in [-0.1, -0.05) is 6.58 Å². The summed E-state index contributed by atoms with van der Waals surface area (Å²) in [6, 6.07) is -0.130. The number of carbonyl (C=O) groups excluding carboxylic acids is 1. The topological polar surface area (TPSA) is 29.1 Å². The molecule has 0 aromatic heterocycles. The molecular weight excluding hydrogens is 207 g/mol. The molecular formula is C10H14F3NO. The van der Waals surface area contributed by atoms with Crippen molar-refractivity contribution in [3.05, 3.63) is 12.7 Å². The van der Waals surface area contributed by atoms with Crippen LogP contribution in [0.25, 0.3) is 0 Å². The fraction of sp³-hybridized carbons (Fsp3) is 0.700. The molecule has 1 aliphatic carbocycles. The Bertz CT molecular complexity index is 242. The van der Waals surface area contributed by atoms with Gasteiger partial charge in [0.05, 0.1) is 5.92 Å². The van der Waals surface area contributed by atoms with Gasteiger partial charge in [0.25, 0.3) is 0 Å². The first-order valence-electron chi connectivity index (χ1n) is 4.93. The maximum Gasteiger partial charge on any atom is 0.391 e. The maximum absolute atomic E-state index is 12.3. The molecule has 1 saturated carbocycles. The Morgan fingerprint density at radius 3 is 2.20 bits per heavy atom. The van der Waals surface area contributed by atoms with E-state index in [0.717, 1.165) is 6.08 Å². The zero-order valence-electron chi connectivity index (χ0n) is 8.31. The van der Waals surface area contributed by atoms with Crippen LogP contribution in [-0.4, -0.2) is 18.1 Å². The van der Waals surface area contributed by atoms with Crippen molar-refractivity contribution in [3.8, 4) is 0 Å². The highest BCUT2D eigenvalue weighted by Crippen LogP contribution is 2.37. The molecule has 1 rings (SSSR count). The summed E-state index contributed by atoms with van der Waals surface area (Å²) in [5, 5.41) is 2.62. The average Bonchev–Trinajstić information content (AvgIpc) is 2.17. The number of rotatable bonds is 2. The predicted octanol–water partition coefficient (Wildman–Crippen LogP) is 2.41. The SMILES string of the molecule is C=CC(=O)NC1CCC(C(F)(F)F)CC1. The number of alkyl halides is 3. The first kappa shape index (κ1) is 12.1. The third-order valence-electron chi connectivity index (χ3n) is 2.72. The van der Waals surface area contributed by atoms with Crippen molar-refractivity contribution in [3.63, 3.8) is 0 Å². The minimum absolute atomic E-state index is 0.103. The van der Waals surface area contributed by atoms with Gasteiger partial charge in [-0.15, -0.1) is 0 Å². The standard InChI is InChI=1S/C10H14F3NO/c1-2-9(15)14-8-5-3-7(4-6-8)10(11,12)13/h2,7-8H,1,3-6H2,(H,14,15). The lowest BCUT2D eigenvalue weighted by atomic mass is 9.85. The fourth-order valence-corrected chi connectivity index (χ4v) is 1.83. The van der Waals surface area contributed by atoms with Crippen LogP contribution in [0.1, 0.15) is 25.7 Å². The number of hydrogen-bond donors (Lipinski definition) is 1. The van der Waals surface area contributed by atoms with E-state index < -0.39 is 12.1 Å². The molecule has 1 aliphatic rings. The van der Waals surface area contributed by atoms with Crippen LogP contribution in [-0.2, 0) is 4.79 Å².